The molecule has 1 aromatic carbocycles. The van der Waals surface area contributed by atoms with E-state index in [-0.39, 0.29) is 5.41 Å². The zero-order valence-corrected chi connectivity index (χ0v) is 19.8. The second-order valence-corrected chi connectivity index (χ2v) is 12.4. The molecule has 5 aliphatic rings. The average Bonchev–Trinajstić information content (AvgIpc) is 3.28. The highest BCUT2D eigenvalue weighted by Gasteiger charge is 2.77. The van der Waals surface area contributed by atoms with Crippen LogP contribution >= 0.6 is 0 Å². The number of hydrogen-bond donors (Lipinski definition) is 0. The lowest BCUT2D eigenvalue weighted by molar-refractivity contribution is -0.107. The Morgan fingerprint density at radius 3 is 2.79 bits per heavy atom. The van der Waals surface area contributed by atoms with Crippen LogP contribution in [0.25, 0.3) is 16.7 Å². The van der Waals surface area contributed by atoms with E-state index in [0.717, 1.165) is 29.2 Å². The first-order valence-electron chi connectivity index (χ1n) is 13.2. The molecule has 2 heterocycles. The number of allylic oxidation sites excluding steroid dienone is 2. The number of imidazole rings is 2. The lowest BCUT2D eigenvalue weighted by Crippen LogP contribution is -2.54. The zero-order valence-electron chi connectivity index (χ0n) is 19.8. The molecule has 4 nitrogen and oxygen atoms in total. The Balaban J connectivity index is 1.21. The average molecular weight is 439 g/mol. The Hall–Kier alpha value is -2.36. The van der Waals surface area contributed by atoms with Crippen LogP contribution in [0.15, 0.2) is 55.4 Å². The third-order valence-corrected chi connectivity index (χ3v) is 11.7. The molecule has 0 amide bonds. The standard InChI is InChI=1S/C29H34N4/c1-27-11-10-22-20(21(27)7-8-25(27)33-18-31-23-5-3-4-6-24(23)33)15-26(32-14-13-30-17-32)29-16-19(29)9-12-28(22,29)2/h3-6,8,13-14,17-22,26H,7,9-12,15-16H2,1-2H3/t19?,20-,21-,22-,26+,27-,28+,29?/m0/s1. The van der Waals surface area contributed by atoms with Gasteiger partial charge in [0, 0.05) is 29.5 Å². The van der Waals surface area contributed by atoms with Gasteiger partial charge in [0.15, 0.2) is 0 Å². The topological polar surface area (TPSA) is 35.6 Å². The van der Waals surface area contributed by atoms with Gasteiger partial charge in [-0.15, -0.1) is 0 Å². The summed E-state index contributed by atoms with van der Waals surface area (Å²) in [5.41, 5.74) is 5.17. The molecule has 8 rings (SSSR count). The van der Waals surface area contributed by atoms with E-state index in [0.29, 0.717) is 16.9 Å². The summed E-state index contributed by atoms with van der Waals surface area (Å²) in [7, 11) is 0. The molecule has 3 aromatic rings. The number of aromatic nitrogens is 4. The molecule has 8 atom stereocenters. The number of benzene rings is 1. The molecule has 2 aromatic heterocycles. The van der Waals surface area contributed by atoms with Crippen molar-refractivity contribution < 1.29 is 0 Å². The van der Waals surface area contributed by atoms with Crippen LogP contribution in [0.2, 0.25) is 0 Å². The van der Waals surface area contributed by atoms with Crippen LogP contribution in [0.4, 0.5) is 0 Å². The normalized spacial score (nSPS) is 45.3. The van der Waals surface area contributed by atoms with E-state index in [9.17, 15) is 0 Å². The monoisotopic (exact) mass is 438 g/mol. The first-order chi connectivity index (χ1) is 16.1. The fourth-order valence-electron chi connectivity index (χ4n) is 10.2. The Morgan fingerprint density at radius 1 is 1.03 bits per heavy atom. The lowest BCUT2D eigenvalue weighted by atomic mass is 9.45. The van der Waals surface area contributed by atoms with E-state index in [1.165, 1.54) is 56.2 Å². The van der Waals surface area contributed by atoms with Crippen molar-refractivity contribution in [3.63, 3.8) is 0 Å². The number of fused-ring (bicyclic) bond motifs is 5. The van der Waals surface area contributed by atoms with Crippen molar-refractivity contribution in [1.29, 1.82) is 0 Å². The first-order valence-corrected chi connectivity index (χ1v) is 13.2. The Kier molecular flexibility index (Phi) is 3.46. The maximum Gasteiger partial charge on any atom is 0.100 e. The largest absolute Gasteiger partial charge is 0.334 e. The third kappa shape index (κ3) is 2.11. The minimum atomic E-state index is 0.243. The zero-order chi connectivity index (χ0) is 22.0. The van der Waals surface area contributed by atoms with Crippen LogP contribution in [0, 0.1) is 39.9 Å². The second kappa shape index (κ2) is 6.00. The first kappa shape index (κ1) is 19.0. The number of para-hydroxylation sites is 2. The lowest BCUT2D eigenvalue weighted by Gasteiger charge is -2.61. The smallest absolute Gasteiger partial charge is 0.100 e. The second-order valence-electron chi connectivity index (χ2n) is 12.4. The molecule has 2 unspecified atom stereocenters. The summed E-state index contributed by atoms with van der Waals surface area (Å²) in [4.78, 5) is 9.23. The summed E-state index contributed by atoms with van der Waals surface area (Å²) < 4.78 is 4.93. The number of hydrogen-bond acceptors (Lipinski definition) is 2. The minimum absolute atomic E-state index is 0.243. The van der Waals surface area contributed by atoms with Gasteiger partial charge in [-0.2, -0.15) is 0 Å². The molecule has 170 valence electrons. The molecule has 0 bridgehead atoms. The quantitative estimate of drug-likeness (QED) is 0.453. The van der Waals surface area contributed by atoms with Gasteiger partial charge in [0.05, 0.1) is 17.4 Å². The summed E-state index contributed by atoms with van der Waals surface area (Å²) >= 11 is 0. The van der Waals surface area contributed by atoms with Crippen molar-refractivity contribution in [2.75, 3.05) is 0 Å². The number of nitrogens with zero attached hydrogens (tertiary/aromatic N) is 4. The number of rotatable bonds is 2. The van der Waals surface area contributed by atoms with Gasteiger partial charge in [0.25, 0.3) is 0 Å². The Labute approximate surface area is 196 Å². The van der Waals surface area contributed by atoms with Gasteiger partial charge in [-0.25, -0.2) is 9.97 Å². The van der Waals surface area contributed by atoms with Crippen molar-refractivity contribution >= 4 is 16.7 Å². The highest BCUT2D eigenvalue weighted by Crippen LogP contribution is 2.84. The third-order valence-electron chi connectivity index (χ3n) is 11.7. The van der Waals surface area contributed by atoms with Gasteiger partial charge < -0.3 is 9.13 Å². The van der Waals surface area contributed by atoms with Crippen molar-refractivity contribution in [2.24, 2.45) is 39.9 Å². The van der Waals surface area contributed by atoms with E-state index >= 15 is 0 Å². The Morgan fingerprint density at radius 2 is 1.94 bits per heavy atom. The molecule has 1 spiro atoms. The van der Waals surface area contributed by atoms with Gasteiger partial charge in [-0.1, -0.05) is 32.1 Å². The predicted octanol–water partition coefficient (Wildman–Crippen LogP) is 6.58. The molecule has 0 aliphatic heterocycles. The van der Waals surface area contributed by atoms with E-state index in [1.807, 2.05) is 6.20 Å². The molecule has 4 heteroatoms. The van der Waals surface area contributed by atoms with Gasteiger partial charge in [0.2, 0.25) is 0 Å². The minimum Gasteiger partial charge on any atom is -0.334 e. The molecule has 0 N–H and O–H groups in total. The molecule has 4 saturated carbocycles. The van der Waals surface area contributed by atoms with Gasteiger partial charge in [-0.05, 0) is 91.6 Å². The molecular weight excluding hydrogens is 404 g/mol. The summed E-state index contributed by atoms with van der Waals surface area (Å²) in [5.74, 6) is 3.38. The van der Waals surface area contributed by atoms with Crippen LogP contribution in [0.3, 0.4) is 0 Å². The van der Waals surface area contributed by atoms with Crippen molar-refractivity contribution in [2.45, 2.75) is 64.8 Å². The highest BCUT2D eigenvalue weighted by atomic mass is 15.1. The van der Waals surface area contributed by atoms with Gasteiger partial charge in [0.1, 0.15) is 6.33 Å². The van der Waals surface area contributed by atoms with Crippen molar-refractivity contribution in [3.8, 4) is 0 Å². The maximum atomic E-state index is 4.74. The van der Waals surface area contributed by atoms with Gasteiger partial charge >= 0.3 is 0 Å². The fraction of sp³-hybridized carbons (Fsp3) is 0.586. The predicted molar refractivity (Wildman–Crippen MR) is 130 cm³/mol. The van der Waals surface area contributed by atoms with Gasteiger partial charge in [-0.3, -0.25) is 0 Å². The van der Waals surface area contributed by atoms with Crippen LogP contribution in [-0.4, -0.2) is 19.1 Å². The fourth-order valence-corrected chi connectivity index (χ4v) is 10.2. The van der Waals surface area contributed by atoms with Crippen molar-refractivity contribution in [1.82, 2.24) is 19.1 Å². The maximum absolute atomic E-state index is 4.74. The molecule has 0 saturated heterocycles. The summed E-state index contributed by atoms with van der Waals surface area (Å²) in [6, 6.07) is 9.26. The summed E-state index contributed by atoms with van der Waals surface area (Å²) in [6.07, 6.45) is 20.7. The summed E-state index contributed by atoms with van der Waals surface area (Å²) in [6.45, 7) is 5.28. The summed E-state index contributed by atoms with van der Waals surface area (Å²) in [5, 5.41) is 0. The van der Waals surface area contributed by atoms with E-state index < -0.39 is 0 Å². The highest BCUT2D eigenvalue weighted by molar-refractivity contribution is 5.80. The van der Waals surface area contributed by atoms with Crippen LogP contribution in [0.5, 0.6) is 0 Å². The molecular formula is C29H34N4. The van der Waals surface area contributed by atoms with E-state index in [2.05, 4.69) is 77.2 Å². The van der Waals surface area contributed by atoms with Crippen LogP contribution < -0.4 is 0 Å². The SMILES string of the molecule is C[C@]12CC[C@H]3[C@@H](C[C@@H](n4ccnc4)C45CC4CC[C@]35C)[C@@H]1CC=C2n1cnc2ccccc21. The Bertz CT molecular complexity index is 1290. The van der Waals surface area contributed by atoms with Crippen LogP contribution in [-0.2, 0) is 0 Å². The van der Waals surface area contributed by atoms with E-state index in [1.54, 1.807) is 0 Å². The van der Waals surface area contributed by atoms with Crippen molar-refractivity contribution in [3.05, 3.63) is 55.4 Å². The molecule has 33 heavy (non-hydrogen) atoms. The molecule has 5 aliphatic carbocycles. The molecule has 0 radical (unpaired) electrons. The van der Waals surface area contributed by atoms with E-state index in [4.69, 9.17) is 4.98 Å². The van der Waals surface area contributed by atoms with Crippen LogP contribution in [0.1, 0.15) is 64.8 Å². The molecule has 4 fully saturated rings.